The fourth-order valence-electron chi connectivity index (χ4n) is 3.18. The molecule has 1 aromatic carbocycles. The summed E-state index contributed by atoms with van der Waals surface area (Å²) < 4.78 is 14.1. The van der Waals surface area contributed by atoms with Crippen LogP contribution in [-0.4, -0.2) is 36.3 Å². The Morgan fingerprint density at radius 2 is 1.66 bits per heavy atom. The van der Waals surface area contributed by atoms with Crippen molar-refractivity contribution < 1.29 is 23.7 Å². The van der Waals surface area contributed by atoms with Crippen LogP contribution in [0.15, 0.2) is 53.2 Å². The first kappa shape index (κ1) is 23.2. The van der Waals surface area contributed by atoms with Crippen LogP contribution in [0.4, 0.5) is 17.1 Å². The monoisotopic (exact) mass is 479 g/mol. The number of non-ortho nitro benzene ring substituents is 1. The standard InChI is InChI=1S/C22H21N7O6/c1-13-17(10-23-27(13)2)25-22(31)20-18(11-24-28(20)3)26-21(30)19-9-8-16(35-19)12-34-15-6-4-14(5-7-15)29(32)33/h4-11H,12H2,1-3H3,(H,25,31)(H,26,30). The summed E-state index contributed by atoms with van der Waals surface area (Å²) in [6.45, 7) is 1.82. The largest absolute Gasteiger partial charge is 0.486 e. The Morgan fingerprint density at radius 3 is 2.31 bits per heavy atom. The number of benzene rings is 1. The average molecular weight is 479 g/mol. The first-order valence-corrected chi connectivity index (χ1v) is 10.3. The van der Waals surface area contributed by atoms with Crippen molar-refractivity contribution >= 4 is 28.9 Å². The van der Waals surface area contributed by atoms with Crippen molar-refractivity contribution in [1.82, 2.24) is 19.6 Å². The summed E-state index contributed by atoms with van der Waals surface area (Å²) in [5.74, 6) is -0.262. The van der Waals surface area contributed by atoms with E-state index in [2.05, 4.69) is 20.8 Å². The molecule has 2 amide bonds. The summed E-state index contributed by atoms with van der Waals surface area (Å²) in [6.07, 6.45) is 2.90. The van der Waals surface area contributed by atoms with Crippen LogP contribution in [0.5, 0.6) is 5.75 Å². The lowest BCUT2D eigenvalue weighted by molar-refractivity contribution is -0.384. The molecule has 35 heavy (non-hydrogen) atoms. The number of furan rings is 1. The van der Waals surface area contributed by atoms with Crippen LogP contribution in [0.1, 0.15) is 32.5 Å². The molecule has 0 saturated heterocycles. The Labute approximate surface area is 198 Å². The molecular formula is C22H21N7O6. The molecule has 0 aliphatic rings. The highest BCUT2D eigenvalue weighted by atomic mass is 16.6. The molecule has 2 N–H and O–H groups in total. The predicted molar refractivity (Wildman–Crippen MR) is 123 cm³/mol. The lowest BCUT2D eigenvalue weighted by Crippen LogP contribution is -2.20. The summed E-state index contributed by atoms with van der Waals surface area (Å²) >= 11 is 0. The molecule has 0 unspecified atom stereocenters. The van der Waals surface area contributed by atoms with Gasteiger partial charge in [-0.2, -0.15) is 10.2 Å². The third-order valence-electron chi connectivity index (χ3n) is 5.20. The first-order valence-electron chi connectivity index (χ1n) is 10.3. The lowest BCUT2D eigenvalue weighted by Gasteiger charge is -2.08. The molecule has 0 atom stereocenters. The minimum atomic E-state index is -0.578. The van der Waals surface area contributed by atoms with Gasteiger partial charge in [0.1, 0.15) is 23.8 Å². The molecule has 3 aromatic heterocycles. The van der Waals surface area contributed by atoms with Gasteiger partial charge in [-0.1, -0.05) is 0 Å². The van der Waals surface area contributed by atoms with Gasteiger partial charge >= 0.3 is 0 Å². The molecule has 4 aromatic rings. The number of anilines is 2. The number of nitrogens with one attached hydrogen (secondary N) is 2. The van der Waals surface area contributed by atoms with E-state index in [0.29, 0.717) is 17.2 Å². The summed E-state index contributed by atoms with van der Waals surface area (Å²) in [6, 6.07) is 8.63. The Balaban J connectivity index is 1.40. The van der Waals surface area contributed by atoms with Crippen LogP contribution in [0.2, 0.25) is 0 Å². The van der Waals surface area contributed by atoms with Gasteiger partial charge in [0.05, 0.1) is 34.4 Å². The normalized spacial score (nSPS) is 10.7. The van der Waals surface area contributed by atoms with Gasteiger partial charge in [-0.05, 0) is 31.2 Å². The molecule has 180 valence electrons. The van der Waals surface area contributed by atoms with Crippen molar-refractivity contribution in [3.63, 3.8) is 0 Å². The smallest absolute Gasteiger partial charge is 0.291 e. The van der Waals surface area contributed by atoms with Crippen LogP contribution < -0.4 is 15.4 Å². The van der Waals surface area contributed by atoms with Gasteiger partial charge in [0.25, 0.3) is 17.5 Å². The van der Waals surface area contributed by atoms with Crippen molar-refractivity contribution in [3.8, 4) is 5.75 Å². The highest BCUT2D eigenvalue weighted by Crippen LogP contribution is 2.21. The van der Waals surface area contributed by atoms with E-state index in [1.807, 2.05) is 6.92 Å². The molecule has 0 spiro atoms. The summed E-state index contributed by atoms with van der Waals surface area (Å²) in [5, 5.41) is 24.3. The number of aryl methyl sites for hydroxylation is 2. The van der Waals surface area contributed by atoms with Crippen LogP contribution in [0.25, 0.3) is 0 Å². The summed E-state index contributed by atoms with van der Waals surface area (Å²) in [4.78, 5) is 35.8. The summed E-state index contributed by atoms with van der Waals surface area (Å²) in [5.41, 5.74) is 1.62. The molecule has 0 saturated carbocycles. The topological polar surface area (TPSA) is 159 Å². The second-order valence-electron chi connectivity index (χ2n) is 7.51. The number of amides is 2. The highest BCUT2D eigenvalue weighted by Gasteiger charge is 2.22. The molecule has 4 rings (SSSR count). The van der Waals surface area contributed by atoms with E-state index in [1.165, 1.54) is 47.4 Å². The fraction of sp³-hybridized carbons (Fsp3) is 0.182. The van der Waals surface area contributed by atoms with Gasteiger partial charge in [-0.3, -0.25) is 29.1 Å². The van der Waals surface area contributed by atoms with Crippen molar-refractivity contribution in [1.29, 1.82) is 0 Å². The highest BCUT2D eigenvalue weighted by molar-refractivity contribution is 6.11. The van der Waals surface area contributed by atoms with E-state index in [0.717, 1.165) is 5.69 Å². The van der Waals surface area contributed by atoms with Crippen molar-refractivity contribution in [2.75, 3.05) is 10.6 Å². The van der Waals surface area contributed by atoms with E-state index < -0.39 is 16.7 Å². The van der Waals surface area contributed by atoms with Gasteiger partial charge in [-0.15, -0.1) is 0 Å². The number of carbonyl (C=O) groups is 2. The zero-order chi connectivity index (χ0) is 25.1. The quantitative estimate of drug-likeness (QED) is 0.288. The number of hydrogen-bond donors (Lipinski definition) is 2. The van der Waals surface area contributed by atoms with Gasteiger partial charge in [0.2, 0.25) is 0 Å². The number of carbonyl (C=O) groups excluding carboxylic acids is 2. The third-order valence-corrected chi connectivity index (χ3v) is 5.20. The molecule has 0 radical (unpaired) electrons. The van der Waals surface area contributed by atoms with Crippen molar-refractivity contribution in [2.45, 2.75) is 13.5 Å². The van der Waals surface area contributed by atoms with Gasteiger partial charge in [0.15, 0.2) is 5.76 Å². The molecule has 0 aliphatic carbocycles. The Morgan fingerprint density at radius 1 is 1.00 bits per heavy atom. The number of aromatic nitrogens is 4. The zero-order valence-electron chi connectivity index (χ0n) is 19.0. The molecular weight excluding hydrogens is 458 g/mol. The van der Waals surface area contributed by atoms with Crippen molar-refractivity contribution in [2.24, 2.45) is 14.1 Å². The maximum atomic E-state index is 12.8. The maximum absolute atomic E-state index is 12.8. The minimum Gasteiger partial charge on any atom is -0.486 e. The number of rotatable bonds is 8. The first-order chi connectivity index (χ1) is 16.7. The fourth-order valence-corrected chi connectivity index (χ4v) is 3.18. The van der Waals surface area contributed by atoms with E-state index in [1.54, 1.807) is 24.8 Å². The van der Waals surface area contributed by atoms with Gasteiger partial charge in [-0.25, -0.2) is 0 Å². The van der Waals surface area contributed by atoms with Crippen LogP contribution in [-0.2, 0) is 20.7 Å². The van der Waals surface area contributed by atoms with E-state index in [-0.39, 0.29) is 29.4 Å². The minimum absolute atomic E-state index is 0.00520. The van der Waals surface area contributed by atoms with E-state index in [4.69, 9.17) is 9.15 Å². The average Bonchev–Trinajstić information content (AvgIpc) is 3.54. The molecule has 0 bridgehead atoms. The Hall–Kier alpha value is -4.94. The van der Waals surface area contributed by atoms with Crippen LogP contribution in [0, 0.1) is 17.0 Å². The van der Waals surface area contributed by atoms with E-state index >= 15 is 0 Å². The SMILES string of the molecule is Cc1c(NC(=O)c2c(NC(=O)c3ccc(COc4ccc([N+](=O)[O-])cc4)o3)cnn2C)cnn1C. The lowest BCUT2D eigenvalue weighted by atomic mass is 10.3. The number of ether oxygens (including phenoxy) is 1. The molecule has 3 heterocycles. The van der Waals surface area contributed by atoms with Gasteiger partial charge < -0.3 is 19.8 Å². The number of nitro benzene ring substituents is 1. The van der Waals surface area contributed by atoms with E-state index in [9.17, 15) is 19.7 Å². The second kappa shape index (κ2) is 9.51. The molecule has 13 heteroatoms. The van der Waals surface area contributed by atoms with Gasteiger partial charge in [0, 0.05) is 26.2 Å². The Bertz CT molecular complexity index is 1400. The number of nitro groups is 1. The third kappa shape index (κ3) is 5.03. The van der Waals surface area contributed by atoms with Crippen molar-refractivity contribution in [3.05, 3.63) is 81.8 Å². The number of hydrogen-bond acceptors (Lipinski definition) is 8. The second-order valence-corrected chi connectivity index (χ2v) is 7.51. The predicted octanol–water partition coefficient (Wildman–Crippen LogP) is 3.05. The summed E-state index contributed by atoms with van der Waals surface area (Å²) in [7, 11) is 3.34. The van der Waals surface area contributed by atoms with Crippen LogP contribution >= 0.6 is 0 Å². The molecule has 0 aliphatic heterocycles. The number of nitrogens with zero attached hydrogens (tertiary/aromatic N) is 5. The maximum Gasteiger partial charge on any atom is 0.291 e. The van der Waals surface area contributed by atoms with Crippen LogP contribution in [0.3, 0.4) is 0 Å². The molecule has 13 nitrogen and oxygen atoms in total. The zero-order valence-corrected chi connectivity index (χ0v) is 19.0. The molecule has 0 fully saturated rings. The Kier molecular flexibility index (Phi) is 6.31.